The van der Waals surface area contributed by atoms with Crippen LogP contribution in [0.2, 0.25) is 0 Å². The van der Waals surface area contributed by atoms with Gasteiger partial charge in [-0.15, -0.1) is 0 Å². The molecule has 3 aromatic rings. The first-order valence-electron chi connectivity index (χ1n) is 9.96. The van der Waals surface area contributed by atoms with Crippen LogP contribution in [0.1, 0.15) is 42.2 Å². The first-order chi connectivity index (χ1) is 15.1. The molecule has 5 nitrogen and oxygen atoms in total. The van der Waals surface area contributed by atoms with Crippen LogP contribution < -0.4 is 10.2 Å². The van der Waals surface area contributed by atoms with Gasteiger partial charge in [0.05, 0.1) is 11.8 Å². The minimum atomic E-state index is -4.44. The smallest absolute Gasteiger partial charge is 0.416 e. The zero-order chi connectivity index (χ0) is 23.3. The van der Waals surface area contributed by atoms with Crippen LogP contribution in [0.5, 0.6) is 5.75 Å². The third kappa shape index (κ3) is 6.00. The predicted molar refractivity (Wildman–Crippen MR) is 116 cm³/mol. The molecule has 3 rings (SSSR count). The summed E-state index contributed by atoms with van der Waals surface area (Å²) in [5, 5.41) is 3.81. The molecule has 0 unspecified atom stereocenters. The van der Waals surface area contributed by atoms with Crippen LogP contribution in [-0.2, 0) is 11.0 Å². The lowest BCUT2D eigenvalue weighted by atomic mass is 10.0. The summed E-state index contributed by atoms with van der Waals surface area (Å²) in [5.74, 6) is 0.974. The monoisotopic (exact) mass is 444 g/mol. The Morgan fingerprint density at radius 2 is 1.94 bits per heavy atom. The van der Waals surface area contributed by atoms with Gasteiger partial charge < -0.3 is 9.15 Å². The van der Waals surface area contributed by atoms with E-state index in [-0.39, 0.29) is 29.6 Å². The third-order valence-corrected chi connectivity index (χ3v) is 4.63. The summed E-state index contributed by atoms with van der Waals surface area (Å²) in [6, 6.07) is 13.8. The van der Waals surface area contributed by atoms with Gasteiger partial charge in [-0.3, -0.25) is 4.79 Å². The molecule has 0 saturated carbocycles. The maximum absolute atomic E-state index is 12.9. The van der Waals surface area contributed by atoms with Crippen molar-refractivity contribution in [1.82, 2.24) is 5.43 Å². The van der Waals surface area contributed by atoms with Crippen molar-refractivity contribution in [2.75, 3.05) is 6.61 Å². The molecule has 0 bridgehead atoms. The average molecular weight is 444 g/mol. The maximum atomic E-state index is 12.9. The Hall–Kier alpha value is -3.55. The summed E-state index contributed by atoms with van der Waals surface area (Å²) in [7, 11) is 0. The molecule has 8 heteroatoms. The molecule has 1 aromatic heterocycles. The van der Waals surface area contributed by atoms with Gasteiger partial charge in [0.25, 0.3) is 5.91 Å². The molecule has 0 saturated heterocycles. The zero-order valence-electron chi connectivity index (χ0n) is 17.9. The molecule has 0 aliphatic heterocycles. The molecule has 0 aliphatic carbocycles. The van der Waals surface area contributed by atoms with Gasteiger partial charge in [0, 0.05) is 5.56 Å². The van der Waals surface area contributed by atoms with Crippen LogP contribution in [0.25, 0.3) is 11.3 Å². The lowest BCUT2D eigenvalue weighted by Crippen LogP contribution is -2.24. The number of amides is 1. The van der Waals surface area contributed by atoms with E-state index >= 15 is 0 Å². The van der Waals surface area contributed by atoms with E-state index in [1.165, 1.54) is 24.4 Å². The van der Waals surface area contributed by atoms with Crippen molar-refractivity contribution in [1.29, 1.82) is 0 Å². The van der Waals surface area contributed by atoms with Gasteiger partial charge >= 0.3 is 6.18 Å². The van der Waals surface area contributed by atoms with Gasteiger partial charge in [-0.2, -0.15) is 18.3 Å². The highest BCUT2D eigenvalue weighted by Crippen LogP contribution is 2.32. The molecule has 0 spiro atoms. The van der Waals surface area contributed by atoms with Crippen LogP contribution in [0.4, 0.5) is 13.2 Å². The Morgan fingerprint density at radius 1 is 1.16 bits per heavy atom. The van der Waals surface area contributed by atoms with Crippen molar-refractivity contribution in [2.45, 2.75) is 32.9 Å². The summed E-state index contributed by atoms with van der Waals surface area (Å²) < 4.78 is 49.8. The first-order valence-corrected chi connectivity index (χ1v) is 9.96. The molecule has 168 valence electrons. The van der Waals surface area contributed by atoms with Crippen molar-refractivity contribution in [2.24, 2.45) is 5.10 Å². The second-order valence-electron chi connectivity index (χ2n) is 7.56. The van der Waals surface area contributed by atoms with Crippen LogP contribution >= 0.6 is 0 Å². The minimum absolute atomic E-state index is 0.214. The van der Waals surface area contributed by atoms with Gasteiger partial charge in [-0.25, -0.2) is 5.43 Å². The first kappa shape index (κ1) is 23.1. The van der Waals surface area contributed by atoms with E-state index in [1.807, 2.05) is 39.0 Å². The Labute approximate surface area is 183 Å². The highest BCUT2D eigenvalue weighted by Gasteiger charge is 2.30. The summed E-state index contributed by atoms with van der Waals surface area (Å²) in [4.78, 5) is 12.0. The van der Waals surface area contributed by atoms with Crippen LogP contribution in [0.3, 0.4) is 0 Å². The fourth-order valence-corrected chi connectivity index (χ4v) is 3.01. The highest BCUT2D eigenvalue weighted by atomic mass is 19.4. The quantitative estimate of drug-likeness (QED) is 0.363. The van der Waals surface area contributed by atoms with Gasteiger partial charge in [-0.1, -0.05) is 38.1 Å². The van der Waals surface area contributed by atoms with Gasteiger partial charge in [0.15, 0.2) is 6.61 Å². The molecule has 1 N–H and O–H groups in total. The van der Waals surface area contributed by atoms with Gasteiger partial charge in [-0.05, 0) is 54.3 Å². The second-order valence-corrected chi connectivity index (χ2v) is 7.56. The number of aryl methyl sites for hydroxylation is 1. The standard InChI is InChI=1S/C24H23F3N2O3/c1-15(2)20-9-7-16(3)11-22(20)31-14-23(30)29-28-13-19-8-10-21(32-19)17-5-4-6-18(12-17)24(25,26)27/h4-13,15H,14H2,1-3H3,(H,29,30)/b28-13+. The normalized spacial score (nSPS) is 11.8. The van der Waals surface area contributed by atoms with Gasteiger partial charge in [0.1, 0.15) is 17.3 Å². The van der Waals surface area contributed by atoms with Crippen molar-refractivity contribution < 1.29 is 27.1 Å². The Kier molecular flexibility index (Phi) is 7.02. The topological polar surface area (TPSA) is 63.8 Å². The van der Waals surface area contributed by atoms with Crippen LogP contribution in [0, 0.1) is 6.92 Å². The van der Waals surface area contributed by atoms with E-state index in [9.17, 15) is 18.0 Å². The van der Waals surface area contributed by atoms with E-state index in [0.717, 1.165) is 23.3 Å². The van der Waals surface area contributed by atoms with Crippen LogP contribution in [0.15, 0.2) is 64.1 Å². The number of nitrogens with one attached hydrogen (secondary N) is 1. The fraction of sp³-hybridized carbons (Fsp3) is 0.250. The summed E-state index contributed by atoms with van der Waals surface area (Å²) in [5.41, 5.74) is 3.90. The molecular formula is C24H23F3N2O3. The minimum Gasteiger partial charge on any atom is -0.483 e. The third-order valence-electron chi connectivity index (χ3n) is 4.63. The van der Waals surface area contributed by atoms with Gasteiger partial charge in [0.2, 0.25) is 0 Å². The number of nitrogens with zero attached hydrogens (tertiary/aromatic N) is 1. The largest absolute Gasteiger partial charge is 0.483 e. The van der Waals surface area contributed by atoms with E-state index in [2.05, 4.69) is 10.5 Å². The van der Waals surface area contributed by atoms with E-state index < -0.39 is 17.6 Å². The van der Waals surface area contributed by atoms with Crippen molar-refractivity contribution in [3.8, 4) is 17.1 Å². The average Bonchev–Trinajstić information content (AvgIpc) is 3.20. The van der Waals surface area contributed by atoms with E-state index in [1.54, 1.807) is 6.07 Å². The lowest BCUT2D eigenvalue weighted by molar-refractivity contribution is -0.137. The predicted octanol–water partition coefficient (Wildman–Crippen LogP) is 5.93. The number of hydrogen-bond acceptors (Lipinski definition) is 4. The Morgan fingerprint density at radius 3 is 2.66 bits per heavy atom. The summed E-state index contributed by atoms with van der Waals surface area (Å²) >= 11 is 0. The number of carbonyl (C=O) groups excluding carboxylic acids is 1. The molecule has 0 radical (unpaired) electrons. The molecule has 0 atom stereocenters. The lowest BCUT2D eigenvalue weighted by Gasteiger charge is -2.14. The maximum Gasteiger partial charge on any atom is 0.416 e. The summed E-state index contributed by atoms with van der Waals surface area (Å²) in [6.45, 7) is 5.81. The number of carbonyl (C=O) groups is 1. The Bertz CT molecular complexity index is 1120. The van der Waals surface area contributed by atoms with Crippen molar-refractivity contribution in [3.05, 3.63) is 77.0 Å². The van der Waals surface area contributed by atoms with E-state index in [4.69, 9.17) is 9.15 Å². The number of halogens is 3. The molecule has 0 aliphatic rings. The number of benzene rings is 2. The highest BCUT2D eigenvalue weighted by molar-refractivity contribution is 5.81. The van der Waals surface area contributed by atoms with E-state index in [0.29, 0.717) is 5.75 Å². The molecule has 1 amide bonds. The van der Waals surface area contributed by atoms with Crippen molar-refractivity contribution >= 4 is 12.1 Å². The number of hydrogen-bond donors (Lipinski definition) is 1. The zero-order valence-corrected chi connectivity index (χ0v) is 17.9. The number of ether oxygens (including phenoxy) is 1. The molecular weight excluding hydrogens is 421 g/mol. The second kappa shape index (κ2) is 9.72. The molecule has 1 heterocycles. The SMILES string of the molecule is Cc1ccc(C(C)C)c(OCC(=O)N/N=C/c2ccc(-c3cccc(C(F)(F)F)c3)o2)c1. The molecule has 2 aromatic carbocycles. The number of alkyl halides is 3. The number of furan rings is 1. The van der Waals surface area contributed by atoms with Crippen LogP contribution in [-0.4, -0.2) is 18.7 Å². The number of hydrazone groups is 1. The molecule has 32 heavy (non-hydrogen) atoms. The Balaban J connectivity index is 1.58. The van der Waals surface area contributed by atoms with Crippen molar-refractivity contribution in [3.63, 3.8) is 0 Å². The molecule has 0 fully saturated rings. The fourth-order valence-electron chi connectivity index (χ4n) is 3.01. The summed E-state index contributed by atoms with van der Waals surface area (Å²) in [6.07, 6.45) is -3.17. The number of rotatable bonds is 7.